The van der Waals surface area contributed by atoms with Gasteiger partial charge in [0.25, 0.3) is 0 Å². The third-order valence-corrected chi connectivity index (χ3v) is 4.66. The summed E-state index contributed by atoms with van der Waals surface area (Å²) in [4.78, 5) is 13.8. The largest absolute Gasteiger partial charge is 0.486 e. The van der Waals surface area contributed by atoms with Gasteiger partial charge in [0.15, 0.2) is 10.6 Å². The van der Waals surface area contributed by atoms with Crippen molar-refractivity contribution in [3.05, 3.63) is 53.3 Å². The number of nitrogens with zero attached hydrogens (tertiary/aromatic N) is 4. The number of nitrogens with one attached hydrogen (secondary N) is 1. The number of carbonyl (C=O) groups excluding carboxylic acids is 1. The van der Waals surface area contributed by atoms with Crippen molar-refractivity contribution in [3.8, 4) is 5.75 Å². The second-order valence-corrected chi connectivity index (χ2v) is 7.20. The van der Waals surface area contributed by atoms with E-state index in [4.69, 9.17) is 17.0 Å². The standard InChI is InChI=1S/C19H24FN5O2S/c1-3-10-24-17(12-27-16-8-4-14(20)5-9-16)22-25(19(24)28)13-23(2)11-18(26)21-15-6-7-15/h3-5,8-9,15H,1,6-7,10-13H2,2H3,(H,21,26). The van der Waals surface area contributed by atoms with Gasteiger partial charge >= 0.3 is 0 Å². The van der Waals surface area contributed by atoms with Crippen molar-refractivity contribution >= 4 is 18.1 Å². The number of hydrogen-bond donors (Lipinski definition) is 1. The van der Waals surface area contributed by atoms with Gasteiger partial charge in [0.1, 0.15) is 18.2 Å². The van der Waals surface area contributed by atoms with Crippen LogP contribution in [0.3, 0.4) is 0 Å². The highest BCUT2D eigenvalue weighted by Gasteiger charge is 2.23. The van der Waals surface area contributed by atoms with Crippen LogP contribution >= 0.6 is 12.2 Å². The monoisotopic (exact) mass is 405 g/mol. The molecule has 0 spiro atoms. The van der Waals surface area contributed by atoms with Gasteiger partial charge in [-0.1, -0.05) is 6.08 Å². The third kappa shape index (κ3) is 5.49. The molecule has 0 saturated heterocycles. The predicted octanol–water partition coefficient (Wildman–Crippen LogP) is 2.49. The zero-order valence-corrected chi connectivity index (χ0v) is 16.6. The number of likely N-dealkylation sites (N-methyl/N-ethyl adjacent to an activating group) is 1. The molecule has 3 rings (SSSR count). The Morgan fingerprint density at radius 2 is 2.18 bits per heavy atom. The zero-order chi connectivity index (χ0) is 20.1. The fraction of sp³-hybridized carbons (Fsp3) is 0.421. The smallest absolute Gasteiger partial charge is 0.234 e. The molecule has 1 saturated carbocycles. The third-order valence-electron chi connectivity index (χ3n) is 4.22. The number of rotatable bonds is 10. The molecule has 9 heteroatoms. The lowest BCUT2D eigenvalue weighted by Crippen LogP contribution is -2.37. The average Bonchev–Trinajstić information content (AvgIpc) is 3.42. The molecule has 0 bridgehead atoms. The molecule has 1 amide bonds. The Hall–Kier alpha value is -2.52. The minimum atomic E-state index is -0.319. The molecule has 0 aliphatic heterocycles. The second-order valence-electron chi connectivity index (χ2n) is 6.84. The van der Waals surface area contributed by atoms with Crippen LogP contribution in [0.5, 0.6) is 5.75 Å². The van der Waals surface area contributed by atoms with Crippen LogP contribution in [-0.2, 0) is 24.6 Å². The zero-order valence-electron chi connectivity index (χ0n) is 15.8. The summed E-state index contributed by atoms with van der Waals surface area (Å²) in [5.74, 6) is 0.854. The van der Waals surface area contributed by atoms with E-state index in [0.29, 0.717) is 35.6 Å². The van der Waals surface area contributed by atoms with Crippen LogP contribution in [0.1, 0.15) is 18.7 Å². The highest BCUT2D eigenvalue weighted by atomic mass is 32.1. The van der Waals surface area contributed by atoms with E-state index >= 15 is 0 Å². The van der Waals surface area contributed by atoms with Crippen molar-refractivity contribution in [2.24, 2.45) is 0 Å². The maximum atomic E-state index is 13.0. The molecule has 1 aliphatic carbocycles. The summed E-state index contributed by atoms with van der Waals surface area (Å²) in [7, 11) is 1.84. The minimum absolute atomic E-state index is 0.00177. The first-order chi connectivity index (χ1) is 13.5. The van der Waals surface area contributed by atoms with Crippen LogP contribution in [0.25, 0.3) is 0 Å². The lowest BCUT2D eigenvalue weighted by atomic mass is 10.3. The molecule has 1 heterocycles. The van der Waals surface area contributed by atoms with Gasteiger partial charge in [-0.2, -0.15) is 5.10 Å². The Bertz CT molecular complexity index is 889. The normalized spacial score (nSPS) is 13.5. The van der Waals surface area contributed by atoms with Crippen molar-refractivity contribution in [2.75, 3.05) is 13.6 Å². The number of ether oxygens (including phenoxy) is 1. The fourth-order valence-corrected chi connectivity index (χ4v) is 2.98. The van der Waals surface area contributed by atoms with Gasteiger partial charge in [-0.05, 0) is 56.4 Å². The molecular weight excluding hydrogens is 381 g/mol. The van der Waals surface area contributed by atoms with Gasteiger partial charge in [0.05, 0.1) is 13.2 Å². The van der Waals surface area contributed by atoms with E-state index in [1.807, 2.05) is 16.5 Å². The molecule has 1 aliphatic rings. The summed E-state index contributed by atoms with van der Waals surface area (Å²) < 4.78 is 22.7. The summed E-state index contributed by atoms with van der Waals surface area (Å²) in [6.07, 6.45) is 3.85. The molecule has 1 aromatic heterocycles. The molecule has 2 aromatic rings. The molecule has 7 nitrogen and oxygen atoms in total. The van der Waals surface area contributed by atoms with E-state index in [0.717, 1.165) is 12.8 Å². The van der Waals surface area contributed by atoms with Gasteiger partial charge in [-0.15, -0.1) is 6.58 Å². The highest BCUT2D eigenvalue weighted by molar-refractivity contribution is 7.71. The van der Waals surface area contributed by atoms with Gasteiger partial charge in [-0.25, -0.2) is 9.07 Å². The molecule has 28 heavy (non-hydrogen) atoms. The van der Waals surface area contributed by atoms with Crippen LogP contribution in [-0.4, -0.2) is 44.8 Å². The Kier molecular flexibility index (Phi) is 6.58. The van der Waals surface area contributed by atoms with Crippen molar-refractivity contribution in [1.29, 1.82) is 0 Å². The van der Waals surface area contributed by atoms with E-state index in [-0.39, 0.29) is 24.9 Å². The first kappa shape index (κ1) is 20.2. The molecule has 0 radical (unpaired) electrons. The lowest BCUT2D eigenvalue weighted by molar-refractivity contribution is -0.122. The topological polar surface area (TPSA) is 64.3 Å². The SMILES string of the molecule is C=CCn1c(COc2ccc(F)cc2)nn(CN(C)CC(=O)NC2CC2)c1=S. The summed E-state index contributed by atoms with van der Waals surface area (Å²) in [6.45, 7) is 5.09. The number of benzene rings is 1. The quantitative estimate of drug-likeness (QED) is 0.486. The summed E-state index contributed by atoms with van der Waals surface area (Å²) in [5.41, 5.74) is 0. The highest BCUT2D eigenvalue weighted by Crippen LogP contribution is 2.18. The van der Waals surface area contributed by atoms with Crippen LogP contribution < -0.4 is 10.1 Å². The number of aromatic nitrogens is 3. The van der Waals surface area contributed by atoms with E-state index in [2.05, 4.69) is 17.0 Å². The second kappa shape index (κ2) is 9.11. The van der Waals surface area contributed by atoms with E-state index in [1.54, 1.807) is 22.9 Å². The maximum Gasteiger partial charge on any atom is 0.234 e. The Morgan fingerprint density at radius 1 is 1.46 bits per heavy atom. The predicted molar refractivity (Wildman–Crippen MR) is 106 cm³/mol. The van der Waals surface area contributed by atoms with Gasteiger partial charge in [0.2, 0.25) is 5.91 Å². The number of amides is 1. The van der Waals surface area contributed by atoms with E-state index in [1.165, 1.54) is 12.1 Å². The average molecular weight is 405 g/mol. The summed E-state index contributed by atoms with van der Waals surface area (Å²) >= 11 is 5.52. The van der Waals surface area contributed by atoms with E-state index in [9.17, 15) is 9.18 Å². The minimum Gasteiger partial charge on any atom is -0.486 e. The maximum absolute atomic E-state index is 13.0. The molecule has 150 valence electrons. The molecule has 1 aromatic carbocycles. The fourth-order valence-electron chi connectivity index (χ4n) is 2.70. The van der Waals surface area contributed by atoms with Crippen LogP contribution in [0, 0.1) is 10.6 Å². The van der Waals surface area contributed by atoms with Crippen molar-refractivity contribution in [1.82, 2.24) is 24.6 Å². The Balaban J connectivity index is 1.66. The molecular formula is C19H24FN5O2S. The number of halogens is 1. The molecule has 1 N–H and O–H groups in total. The Labute approximate surface area is 168 Å². The van der Waals surface area contributed by atoms with Crippen LogP contribution in [0.15, 0.2) is 36.9 Å². The summed E-state index contributed by atoms with van der Waals surface area (Å²) in [5, 5.41) is 7.50. The van der Waals surface area contributed by atoms with Crippen LogP contribution in [0.2, 0.25) is 0 Å². The molecule has 0 atom stereocenters. The van der Waals surface area contributed by atoms with Crippen LogP contribution in [0.4, 0.5) is 4.39 Å². The molecule has 0 unspecified atom stereocenters. The van der Waals surface area contributed by atoms with Gasteiger partial charge in [-0.3, -0.25) is 14.3 Å². The van der Waals surface area contributed by atoms with E-state index < -0.39 is 0 Å². The van der Waals surface area contributed by atoms with Crippen molar-refractivity contribution in [2.45, 2.75) is 38.7 Å². The van der Waals surface area contributed by atoms with Gasteiger partial charge < -0.3 is 10.1 Å². The molecule has 1 fully saturated rings. The van der Waals surface area contributed by atoms with Gasteiger partial charge in [0, 0.05) is 12.6 Å². The number of allylic oxidation sites excluding steroid dienone is 1. The van der Waals surface area contributed by atoms with Crippen molar-refractivity contribution < 1.29 is 13.9 Å². The summed E-state index contributed by atoms with van der Waals surface area (Å²) in [6, 6.07) is 6.14. The first-order valence-electron chi connectivity index (χ1n) is 9.10. The van der Waals surface area contributed by atoms with Crippen molar-refractivity contribution in [3.63, 3.8) is 0 Å². The Morgan fingerprint density at radius 3 is 2.82 bits per heavy atom. The first-order valence-corrected chi connectivity index (χ1v) is 9.50. The number of hydrogen-bond acceptors (Lipinski definition) is 5. The number of carbonyl (C=O) groups is 1. The lowest BCUT2D eigenvalue weighted by Gasteiger charge is -2.15.